The molecule has 15 heteroatoms. The second-order valence-electron chi connectivity index (χ2n) is 13.5. The Kier molecular flexibility index (Phi) is 16.5. The van der Waals surface area contributed by atoms with E-state index in [0.717, 1.165) is 37.5 Å². The fraction of sp³-hybridized carbons (Fsp3) is 0.476. The van der Waals surface area contributed by atoms with Crippen LogP contribution in [0.1, 0.15) is 44.4 Å². The average molecular weight is 795 g/mol. The molecule has 308 valence electrons. The Morgan fingerprint density at radius 3 is 1.46 bits per heavy atom. The Morgan fingerprint density at radius 1 is 0.491 bits per heavy atom. The van der Waals surface area contributed by atoms with E-state index in [1.54, 1.807) is 0 Å². The highest BCUT2D eigenvalue weighted by molar-refractivity contribution is 5.68. The van der Waals surface area contributed by atoms with Gasteiger partial charge in [0.1, 0.15) is 37.1 Å². The number of ether oxygens (including phenoxy) is 11. The summed E-state index contributed by atoms with van der Waals surface area (Å²) in [4.78, 5) is 49.6. The van der Waals surface area contributed by atoms with Crippen molar-refractivity contribution in [3.05, 3.63) is 108 Å². The molecule has 2 heterocycles. The van der Waals surface area contributed by atoms with Crippen LogP contribution in [0.25, 0.3) is 0 Å². The molecule has 0 aromatic heterocycles. The third-order valence-corrected chi connectivity index (χ3v) is 9.03. The molecule has 0 radical (unpaired) electrons. The maximum atomic E-state index is 12.7. The fourth-order valence-corrected chi connectivity index (χ4v) is 6.59. The fourth-order valence-electron chi connectivity index (χ4n) is 6.59. The molecule has 0 aliphatic carbocycles. The number of methoxy groups -OCH3 is 1. The third-order valence-electron chi connectivity index (χ3n) is 9.03. The van der Waals surface area contributed by atoms with E-state index in [1.807, 2.05) is 91.0 Å². The summed E-state index contributed by atoms with van der Waals surface area (Å²) in [6.45, 7) is 4.71. The molecule has 3 aromatic rings. The molecule has 2 aliphatic heterocycles. The molecule has 0 unspecified atom stereocenters. The van der Waals surface area contributed by atoms with E-state index in [1.165, 1.54) is 14.0 Å². The van der Waals surface area contributed by atoms with E-state index in [0.29, 0.717) is 0 Å². The van der Waals surface area contributed by atoms with E-state index in [4.69, 9.17) is 52.1 Å². The normalized spacial score (nSPS) is 27.2. The average Bonchev–Trinajstić information content (AvgIpc) is 3.19. The van der Waals surface area contributed by atoms with E-state index in [2.05, 4.69) is 0 Å². The maximum absolute atomic E-state index is 12.7. The zero-order chi connectivity index (χ0) is 40.7. The molecule has 3 aromatic carbocycles. The van der Waals surface area contributed by atoms with Crippen LogP contribution < -0.4 is 0 Å². The Morgan fingerprint density at radius 2 is 0.947 bits per heavy atom. The van der Waals surface area contributed by atoms with Gasteiger partial charge in [0.05, 0.1) is 26.4 Å². The van der Waals surface area contributed by atoms with Crippen LogP contribution in [0.2, 0.25) is 0 Å². The zero-order valence-corrected chi connectivity index (χ0v) is 32.6. The summed E-state index contributed by atoms with van der Waals surface area (Å²) in [5.74, 6) is -2.98. The number of benzene rings is 3. The van der Waals surface area contributed by atoms with Gasteiger partial charge in [0.2, 0.25) is 0 Å². The molecular formula is C42H50O15. The molecule has 15 nitrogen and oxygen atoms in total. The van der Waals surface area contributed by atoms with Gasteiger partial charge in [-0.3, -0.25) is 19.2 Å². The summed E-state index contributed by atoms with van der Waals surface area (Å²) < 4.78 is 67.2. The highest BCUT2D eigenvalue weighted by Gasteiger charge is 2.56. The Balaban J connectivity index is 1.56. The van der Waals surface area contributed by atoms with Crippen molar-refractivity contribution in [2.24, 2.45) is 0 Å². The molecule has 2 aliphatic rings. The van der Waals surface area contributed by atoms with Crippen LogP contribution in [0, 0.1) is 0 Å². The van der Waals surface area contributed by atoms with Gasteiger partial charge in [-0.15, -0.1) is 0 Å². The van der Waals surface area contributed by atoms with Crippen molar-refractivity contribution in [1.29, 1.82) is 0 Å². The predicted molar refractivity (Wildman–Crippen MR) is 199 cm³/mol. The smallest absolute Gasteiger partial charge is 0.303 e. The molecule has 5 rings (SSSR count). The zero-order valence-electron chi connectivity index (χ0n) is 32.6. The van der Waals surface area contributed by atoms with Gasteiger partial charge in [-0.2, -0.15) is 0 Å². The molecular weight excluding hydrogens is 744 g/mol. The van der Waals surface area contributed by atoms with Gasteiger partial charge < -0.3 is 52.1 Å². The van der Waals surface area contributed by atoms with Crippen LogP contribution in [-0.2, 0) is 91.1 Å². The summed E-state index contributed by atoms with van der Waals surface area (Å²) in [6, 6.07) is 28.5. The first-order valence-corrected chi connectivity index (χ1v) is 18.6. The first kappa shape index (κ1) is 43.4. The largest absolute Gasteiger partial charge is 0.463 e. The summed E-state index contributed by atoms with van der Waals surface area (Å²) in [5.41, 5.74) is 2.63. The molecule has 2 saturated heterocycles. The van der Waals surface area contributed by atoms with Gasteiger partial charge in [-0.05, 0) is 16.7 Å². The number of rotatable bonds is 18. The van der Waals surface area contributed by atoms with Crippen molar-refractivity contribution in [3.63, 3.8) is 0 Å². The summed E-state index contributed by atoms with van der Waals surface area (Å²) >= 11 is 0. The first-order chi connectivity index (χ1) is 27.5. The quantitative estimate of drug-likeness (QED) is 0.132. The lowest BCUT2D eigenvalue weighted by Gasteiger charge is -2.49. The van der Waals surface area contributed by atoms with Gasteiger partial charge >= 0.3 is 23.9 Å². The van der Waals surface area contributed by atoms with Crippen molar-refractivity contribution in [1.82, 2.24) is 0 Å². The van der Waals surface area contributed by atoms with E-state index >= 15 is 0 Å². The molecule has 2 fully saturated rings. The second-order valence-corrected chi connectivity index (χ2v) is 13.5. The van der Waals surface area contributed by atoms with E-state index in [-0.39, 0.29) is 26.4 Å². The van der Waals surface area contributed by atoms with E-state index < -0.39 is 91.9 Å². The predicted octanol–water partition coefficient (Wildman–Crippen LogP) is 4.21. The van der Waals surface area contributed by atoms with Crippen LogP contribution >= 0.6 is 0 Å². The second kappa shape index (κ2) is 21.7. The van der Waals surface area contributed by atoms with Gasteiger partial charge in [0, 0.05) is 34.8 Å². The molecule has 57 heavy (non-hydrogen) atoms. The van der Waals surface area contributed by atoms with Gasteiger partial charge in [-0.1, -0.05) is 91.0 Å². The van der Waals surface area contributed by atoms with Crippen molar-refractivity contribution in [3.8, 4) is 0 Å². The Bertz CT molecular complexity index is 1710. The molecule has 0 amide bonds. The first-order valence-electron chi connectivity index (χ1n) is 18.6. The van der Waals surface area contributed by atoms with Crippen LogP contribution in [0.4, 0.5) is 0 Å². The molecule has 10 atom stereocenters. The van der Waals surface area contributed by atoms with E-state index in [9.17, 15) is 19.2 Å². The minimum atomic E-state index is -1.55. The Hall–Kier alpha value is -4.74. The van der Waals surface area contributed by atoms with Crippen LogP contribution in [0.5, 0.6) is 0 Å². The van der Waals surface area contributed by atoms with Crippen LogP contribution in [0.3, 0.4) is 0 Å². The lowest BCUT2D eigenvalue weighted by molar-refractivity contribution is -0.368. The van der Waals surface area contributed by atoms with Crippen molar-refractivity contribution in [2.45, 2.75) is 109 Å². The number of hydrogen-bond acceptors (Lipinski definition) is 15. The summed E-state index contributed by atoms with van der Waals surface area (Å²) in [6.07, 6.45) is -12.1. The highest BCUT2D eigenvalue weighted by Crippen LogP contribution is 2.36. The number of esters is 4. The van der Waals surface area contributed by atoms with Crippen molar-refractivity contribution in [2.75, 3.05) is 20.3 Å². The van der Waals surface area contributed by atoms with Gasteiger partial charge in [0.25, 0.3) is 0 Å². The number of carbonyl (C=O) groups is 4. The van der Waals surface area contributed by atoms with Gasteiger partial charge in [-0.25, -0.2) is 0 Å². The summed E-state index contributed by atoms with van der Waals surface area (Å²) in [7, 11) is 1.46. The minimum absolute atomic E-state index is 0.0258. The highest BCUT2D eigenvalue weighted by atomic mass is 16.8. The molecule has 0 spiro atoms. The molecule has 0 bridgehead atoms. The van der Waals surface area contributed by atoms with Crippen LogP contribution in [-0.4, -0.2) is 106 Å². The standard InChI is InChI=1S/C42H50O15/c1-26(43)49-25-34-36(52-27(2)44)38(53-28(3)45)40(54-29(4)46)42(56-34)57-37-35(50-22-31-17-11-7-12-18-31)33(24-48-21-30-15-9-6-10-16-30)55-41(47-5)39(37)51-23-32-19-13-8-14-20-32/h6-20,33-42H,21-25H2,1-5H3/t33-,34-,35-,36+,37+,38+,39-,40-,41+,42+/m1/s1. The summed E-state index contributed by atoms with van der Waals surface area (Å²) in [5, 5.41) is 0. The van der Waals surface area contributed by atoms with Crippen molar-refractivity contribution >= 4 is 23.9 Å². The monoisotopic (exact) mass is 794 g/mol. The van der Waals surface area contributed by atoms with Crippen molar-refractivity contribution < 1.29 is 71.3 Å². The SMILES string of the molecule is CO[C@H]1O[C@H](COCc2ccccc2)[C@@H](OCc2ccccc2)[C@H](O[C@@H]2O[C@H](COC(C)=O)[C@H](OC(C)=O)[C@H](OC(C)=O)[C@H]2OC(C)=O)[C@H]1OCc1ccccc1. The number of carbonyl (C=O) groups excluding carboxylic acids is 4. The lowest BCUT2D eigenvalue weighted by atomic mass is 9.95. The lowest BCUT2D eigenvalue weighted by Crippen LogP contribution is -2.67. The molecule has 0 saturated carbocycles. The Labute approximate surface area is 331 Å². The van der Waals surface area contributed by atoms with Crippen LogP contribution in [0.15, 0.2) is 91.0 Å². The third kappa shape index (κ3) is 12.9. The minimum Gasteiger partial charge on any atom is -0.463 e. The molecule has 0 N–H and O–H groups in total. The topological polar surface area (TPSA) is 170 Å². The number of hydrogen-bond donors (Lipinski definition) is 0. The van der Waals surface area contributed by atoms with Gasteiger partial charge in [0.15, 0.2) is 30.9 Å². The maximum Gasteiger partial charge on any atom is 0.303 e.